The van der Waals surface area contributed by atoms with Crippen molar-refractivity contribution in [3.8, 4) is 5.75 Å². The van der Waals surface area contributed by atoms with Crippen LogP contribution >= 0.6 is 0 Å². The molecule has 3 nitrogen and oxygen atoms in total. The number of ether oxygens (including phenoxy) is 1. The van der Waals surface area contributed by atoms with Gasteiger partial charge in [-0.2, -0.15) is 0 Å². The zero-order chi connectivity index (χ0) is 15.2. The summed E-state index contributed by atoms with van der Waals surface area (Å²) in [6, 6.07) is 14.9. The highest BCUT2D eigenvalue weighted by Gasteiger charge is 2.10. The van der Waals surface area contributed by atoms with Crippen LogP contribution in [0.3, 0.4) is 0 Å². The minimum atomic E-state index is -0.945. The number of carboxylic acid groups (broad SMARTS) is 1. The van der Waals surface area contributed by atoms with Crippen LogP contribution < -0.4 is 4.74 Å². The van der Waals surface area contributed by atoms with E-state index in [0.717, 1.165) is 12.0 Å². The lowest BCUT2D eigenvalue weighted by Crippen LogP contribution is -1.99. The fourth-order valence-electron chi connectivity index (χ4n) is 2.06. The highest BCUT2D eigenvalue weighted by atomic mass is 16.5. The molecule has 0 aliphatic rings. The summed E-state index contributed by atoms with van der Waals surface area (Å²) in [7, 11) is 1.58. The molecule has 2 aromatic carbocycles. The van der Waals surface area contributed by atoms with E-state index >= 15 is 0 Å². The first-order valence-corrected chi connectivity index (χ1v) is 6.82. The summed E-state index contributed by atoms with van der Waals surface area (Å²) in [5.74, 6) is -0.240. The minimum absolute atomic E-state index is 0.266. The molecule has 0 aliphatic heterocycles. The number of hydrogen-bond donors (Lipinski definition) is 1. The van der Waals surface area contributed by atoms with Crippen LogP contribution in [0.25, 0.3) is 11.6 Å². The predicted octanol–water partition coefficient (Wildman–Crippen LogP) is 3.88. The summed E-state index contributed by atoms with van der Waals surface area (Å²) in [6.45, 7) is 2.09. The molecule has 0 unspecified atom stereocenters. The first kappa shape index (κ1) is 14.9. The maximum absolute atomic E-state index is 11.5. The molecule has 0 atom stereocenters. The van der Waals surface area contributed by atoms with Crippen molar-refractivity contribution in [2.24, 2.45) is 0 Å². The van der Waals surface area contributed by atoms with E-state index in [4.69, 9.17) is 4.74 Å². The second-order valence-electron chi connectivity index (χ2n) is 4.69. The van der Waals surface area contributed by atoms with Gasteiger partial charge in [0.1, 0.15) is 5.75 Å². The molecule has 2 rings (SSSR count). The number of aliphatic carboxylic acids is 1. The van der Waals surface area contributed by atoms with Crippen LogP contribution in [0.1, 0.15) is 23.6 Å². The summed E-state index contributed by atoms with van der Waals surface area (Å²) >= 11 is 0. The molecule has 108 valence electrons. The third-order valence-corrected chi connectivity index (χ3v) is 3.33. The minimum Gasteiger partial charge on any atom is -0.497 e. The lowest BCUT2D eigenvalue weighted by atomic mass is 10.0. The molecule has 2 aromatic rings. The largest absolute Gasteiger partial charge is 0.497 e. The number of rotatable bonds is 5. The second-order valence-corrected chi connectivity index (χ2v) is 4.69. The van der Waals surface area contributed by atoms with E-state index in [1.807, 2.05) is 24.3 Å². The second kappa shape index (κ2) is 6.75. The average molecular weight is 282 g/mol. The predicted molar refractivity (Wildman–Crippen MR) is 84.3 cm³/mol. The molecule has 0 radical (unpaired) electrons. The highest BCUT2D eigenvalue weighted by Crippen LogP contribution is 2.21. The van der Waals surface area contributed by atoms with E-state index in [1.165, 1.54) is 5.56 Å². The van der Waals surface area contributed by atoms with Gasteiger partial charge in [-0.05, 0) is 41.3 Å². The van der Waals surface area contributed by atoms with Crippen LogP contribution in [0.2, 0.25) is 0 Å². The van der Waals surface area contributed by atoms with Gasteiger partial charge < -0.3 is 9.84 Å². The van der Waals surface area contributed by atoms with E-state index in [1.54, 1.807) is 37.5 Å². The molecular weight excluding hydrogens is 264 g/mol. The van der Waals surface area contributed by atoms with Crippen molar-refractivity contribution in [2.45, 2.75) is 13.3 Å². The maximum atomic E-state index is 11.5. The Labute approximate surface area is 124 Å². The highest BCUT2D eigenvalue weighted by molar-refractivity contribution is 6.20. The van der Waals surface area contributed by atoms with Crippen molar-refractivity contribution < 1.29 is 14.6 Å². The zero-order valence-electron chi connectivity index (χ0n) is 12.2. The van der Waals surface area contributed by atoms with Gasteiger partial charge in [0, 0.05) is 0 Å². The third-order valence-electron chi connectivity index (χ3n) is 3.33. The quantitative estimate of drug-likeness (QED) is 0.668. The molecule has 0 spiro atoms. The smallest absolute Gasteiger partial charge is 0.336 e. The number of carboxylic acids is 1. The van der Waals surface area contributed by atoms with E-state index in [0.29, 0.717) is 11.3 Å². The van der Waals surface area contributed by atoms with E-state index in [9.17, 15) is 9.90 Å². The Balaban J connectivity index is 2.36. The van der Waals surface area contributed by atoms with Gasteiger partial charge in [0.25, 0.3) is 0 Å². The normalized spacial score (nSPS) is 11.2. The number of benzene rings is 2. The Bertz CT molecular complexity index is 637. The number of aryl methyl sites for hydroxylation is 1. The van der Waals surface area contributed by atoms with Crippen molar-refractivity contribution in [3.05, 3.63) is 65.2 Å². The van der Waals surface area contributed by atoms with Gasteiger partial charge in [0.05, 0.1) is 12.7 Å². The van der Waals surface area contributed by atoms with E-state index in [-0.39, 0.29) is 5.57 Å². The van der Waals surface area contributed by atoms with E-state index in [2.05, 4.69) is 6.92 Å². The molecule has 21 heavy (non-hydrogen) atoms. The first-order valence-electron chi connectivity index (χ1n) is 6.82. The Kier molecular flexibility index (Phi) is 4.77. The molecule has 0 aliphatic carbocycles. The van der Waals surface area contributed by atoms with Crippen LogP contribution in [0, 0.1) is 0 Å². The summed E-state index contributed by atoms with van der Waals surface area (Å²) in [6.07, 6.45) is 2.65. The molecule has 0 aromatic heterocycles. The molecule has 0 heterocycles. The van der Waals surface area contributed by atoms with Gasteiger partial charge in [-0.1, -0.05) is 43.3 Å². The summed E-state index contributed by atoms with van der Waals surface area (Å²) in [5.41, 5.74) is 3.03. The Hall–Kier alpha value is -2.55. The zero-order valence-corrected chi connectivity index (χ0v) is 12.2. The van der Waals surface area contributed by atoms with Crippen LogP contribution in [-0.2, 0) is 11.2 Å². The van der Waals surface area contributed by atoms with Gasteiger partial charge in [-0.25, -0.2) is 4.79 Å². The van der Waals surface area contributed by atoms with Crippen molar-refractivity contribution in [1.29, 1.82) is 0 Å². The topological polar surface area (TPSA) is 46.5 Å². The number of hydrogen-bond acceptors (Lipinski definition) is 2. The molecule has 0 fully saturated rings. The fraction of sp³-hybridized carbons (Fsp3) is 0.167. The molecule has 0 bridgehead atoms. The lowest BCUT2D eigenvalue weighted by Gasteiger charge is -2.05. The molecule has 1 N–H and O–H groups in total. The average Bonchev–Trinajstić information content (AvgIpc) is 2.53. The lowest BCUT2D eigenvalue weighted by molar-refractivity contribution is -0.130. The molecule has 0 saturated heterocycles. The van der Waals surface area contributed by atoms with Crippen LogP contribution in [0.15, 0.2) is 48.5 Å². The van der Waals surface area contributed by atoms with Crippen LogP contribution in [0.4, 0.5) is 0 Å². The molecule has 0 saturated carbocycles. The number of methoxy groups -OCH3 is 1. The molecule has 3 heteroatoms. The Morgan fingerprint density at radius 3 is 2.19 bits per heavy atom. The summed E-state index contributed by atoms with van der Waals surface area (Å²) < 4.78 is 5.09. The summed E-state index contributed by atoms with van der Waals surface area (Å²) in [5, 5.41) is 9.42. The van der Waals surface area contributed by atoms with Crippen molar-refractivity contribution in [1.82, 2.24) is 0 Å². The van der Waals surface area contributed by atoms with Crippen molar-refractivity contribution in [3.63, 3.8) is 0 Å². The van der Waals surface area contributed by atoms with E-state index < -0.39 is 5.97 Å². The molecular formula is C18H18O3. The maximum Gasteiger partial charge on any atom is 0.336 e. The summed E-state index contributed by atoms with van der Waals surface area (Å²) in [4.78, 5) is 11.5. The standard InChI is InChI=1S/C18H18O3/c1-3-13-4-6-14(7-5-13)12-17(18(19)20)15-8-10-16(21-2)11-9-15/h4-12H,3H2,1-2H3,(H,19,20)/b17-12+. The van der Waals surface area contributed by atoms with Crippen LogP contribution in [0.5, 0.6) is 5.75 Å². The first-order chi connectivity index (χ1) is 10.1. The van der Waals surface area contributed by atoms with Crippen LogP contribution in [-0.4, -0.2) is 18.2 Å². The van der Waals surface area contributed by atoms with Gasteiger partial charge in [0.2, 0.25) is 0 Å². The van der Waals surface area contributed by atoms with Crippen molar-refractivity contribution >= 4 is 17.6 Å². The van der Waals surface area contributed by atoms with Gasteiger partial charge in [-0.15, -0.1) is 0 Å². The fourth-order valence-corrected chi connectivity index (χ4v) is 2.06. The third kappa shape index (κ3) is 3.72. The SMILES string of the molecule is CCc1ccc(/C=C(/C(=O)O)c2ccc(OC)cc2)cc1. The van der Waals surface area contributed by atoms with Gasteiger partial charge >= 0.3 is 5.97 Å². The van der Waals surface area contributed by atoms with Gasteiger partial charge in [0.15, 0.2) is 0 Å². The van der Waals surface area contributed by atoms with Gasteiger partial charge in [-0.3, -0.25) is 0 Å². The van der Waals surface area contributed by atoms with Crippen molar-refractivity contribution in [2.75, 3.05) is 7.11 Å². The Morgan fingerprint density at radius 1 is 1.10 bits per heavy atom. The monoisotopic (exact) mass is 282 g/mol. The molecule has 0 amide bonds. The Morgan fingerprint density at radius 2 is 1.71 bits per heavy atom. The number of carbonyl (C=O) groups is 1.